The second-order valence-electron chi connectivity index (χ2n) is 6.72. The molecule has 3 aromatic heterocycles. The largest absolute Gasteiger partial charge is 0.405 e. The van der Waals surface area contributed by atoms with Crippen molar-refractivity contribution in [2.24, 2.45) is 5.92 Å². The fraction of sp³-hybridized carbons (Fsp3) is 0.333. The number of carbonyl (C=O) groups is 1. The van der Waals surface area contributed by atoms with Crippen LogP contribution in [0, 0.1) is 11.7 Å². The van der Waals surface area contributed by atoms with E-state index in [0.717, 1.165) is 6.20 Å². The molecule has 154 valence electrons. The predicted molar refractivity (Wildman–Crippen MR) is 98.4 cm³/mol. The number of aromatic amines is 1. The zero-order chi connectivity index (χ0) is 21.2. The van der Waals surface area contributed by atoms with E-state index in [2.05, 4.69) is 25.3 Å². The number of aromatic nitrogens is 4. The van der Waals surface area contributed by atoms with Gasteiger partial charge in [-0.2, -0.15) is 13.2 Å². The number of pyridine rings is 1. The number of fused-ring (bicyclic) bond motifs is 1. The Balaban J connectivity index is 1.84. The molecular formula is C18H18F4N6O. The zero-order valence-corrected chi connectivity index (χ0v) is 15.5. The Hall–Kier alpha value is -3.24. The van der Waals surface area contributed by atoms with Gasteiger partial charge in [0.1, 0.15) is 29.9 Å². The molecule has 0 saturated heterocycles. The molecule has 0 spiro atoms. The maximum Gasteiger partial charge on any atom is 0.405 e. The molecule has 11 heteroatoms. The Morgan fingerprint density at radius 2 is 2.03 bits per heavy atom. The lowest BCUT2D eigenvalue weighted by atomic mass is 10.0. The standard InChI is InChI=1S/C18H18F4N6O/c1-9(2)14(17(29)26-8-18(20,21)22)27-13-3-4-23-16(28-13)12-7-25-15-11(12)5-10(19)6-24-15/h3-7,9,14H,8H2,1-2H3,(H,24,25)(H,26,29)(H,23,27,28). The van der Waals surface area contributed by atoms with Gasteiger partial charge in [0.2, 0.25) is 5.91 Å². The molecule has 1 atom stereocenters. The van der Waals surface area contributed by atoms with Gasteiger partial charge in [-0.05, 0) is 18.1 Å². The summed E-state index contributed by atoms with van der Waals surface area (Å²) < 4.78 is 50.7. The number of alkyl halides is 3. The number of nitrogens with one attached hydrogen (secondary N) is 3. The van der Waals surface area contributed by atoms with Crippen LogP contribution in [0.2, 0.25) is 0 Å². The summed E-state index contributed by atoms with van der Waals surface area (Å²) in [6, 6.07) is 1.84. The summed E-state index contributed by atoms with van der Waals surface area (Å²) in [7, 11) is 0. The monoisotopic (exact) mass is 410 g/mol. The van der Waals surface area contributed by atoms with Crippen LogP contribution in [0.3, 0.4) is 0 Å². The topological polar surface area (TPSA) is 95.6 Å². The highest BCUT2D eigenvalue weighted by Gasteiger charge is 2.30. The van der Waals surface area contributed by atoms with E-state index in [-0.39, 0.29) is 17.6 Å². The third-order valence-corrected chi connectivity index (χ3v) is 4.11. The van der Waals surface area contributed by atoms with Crippen LogP contribution in [-0.4, -0.2) is 44.6 Å². The fourth-order valence-electron chi connectivity index (χ4n) is 2.72. The van der Waals surface area contributed by atoms with Gasteiger partial charge in [0.05, 0.1) is 6.20 Å². The maximum atomic E-state index is 13.5. The lowest BCUT2D eigenvalue weighted by Crippen LogP contribution is -2.46. The molecule has 3 rings (SSSR count). The average Bonchev–Trinajstić information content (AvgIpc) is 3.06. The van der Waals surface area contributed by atoms with Gasteiger partial charge in [-0.15, -0.1) is 0 Å². The minimum absolute atomic E-state index is 0.242. The van der Waals surface area contributed by atoms with Crippen molar-refractivity contribution < 1.29 is 22.4 Å². The van der Waals surface area contributed by atoms with E-state index < -0.39 is 30.5 Å². The quantitative estimate of drug-likeness (QED) is 0.542. The van der Waals surface area contributed by atoms with Crippen molar-refractivity contribution in [2.45, 2.75) is 26.1 Å². The molecule has 0 aliphatic rings. The molecule has 0 aromatic carbocycles. The van der Waals surface area contributed by atoms with Crippen molar-refractivity contribution in [1.82, 2.24) is 25.3 Å². The Morgan fingerprint density at radius 3 is 2.72 bits per heavy atom. The molecule has 3 heterocycles. The molecule has 1 amide bonds. The van der Waals surface area contributed by atoms with Crippen molar-refractivity contribution >= 4 is 22.8 Å². The summed E-state index contributed by atoms with van der Waals surface area (Å²) in [6.07, 6.45) is -0.417. The van der Waals surface area contributed by atoms with Gasteiger partial charge in [0, 0.05) is 23.3 Å². The van der Waals surface area contributed by atoms with E-state index in [0.29, 0.717) is 16.6 Å². The van der Waals surface area contributed by atoms with E-state index in [9.17, 15) is 22.4 Å². The van der Waals surface area contributed by atoms with Crippen molar-refractivity contribution in [3.8, 4) is 11.4 Å². The number of halogens is 4. The number of rotatable bonds is 6. The van der Waals surface area contributed by atoms with E-state index in [1.54, 1.807) is 20.0 Å². The highest BCUT2D eigenvalue weighted by atomic mass is 19.4. The Labute approximate surface area is 163 Å². The van der Waals surface area contributed by atoms with Gasteiger partial charge >= 0.3 is 6.18 Å². The minimum Gasteiger partial charge on any atom is -0.358 e. The number of nitrogens with zero attached hydrogens (tertiary/aromatic N) is 3. The minimum atomic E-state index is -4.50. The van der Waals surface area contributed by atoms with E-state index in [1.165, 1.54) is 18.3 Å². The summed E-state index contributed by atoms with van der Waals surface area (Å²) in [4.78, 5) is 27.5. The van der Waals surface area contributed by atoms with E-state index in [4.69, 9.17) is 0 Å². The third kappa shape index (κ3) is 4.98. The van der Waals surface area contributed by atoms with Crippen molar-refractivity contribution in [3.05, 3.63) is 36.5 Å². The third-order valence-electron chi connectivity index (χ3n) is 4.11. The maximum absolute atomic E-state index is 13.5. The highest BCUT2D eigenvalue weighted by Crippen LogP contribution is 2.26. The first-order chi connectivity index (χ1) is 13.6. The lowest BCUT2D eigenvalue weighted by Gasteiger charge is -2.22. The molecule has 0 fully saturated rings. The first kappa shape index (κ1) is 20.5. The molecule has 29 heavy (non-hydrogen) atoms. The van der Waals surface area contributed by atoms with Gasteiger partial charge in [-0.1, -0.05) is 13.8 Å². The number of hydrogen-bond acceptors (Lipinski definition) is 5. The van der Waals surface area contributed by atoms with Crippen LogP contribution in [0.4, 0.5) is 23.4 Å². The van der Waals surface area contributed by atoms with Crippen LogP contribution in [-0.2, 0) is 4.79 Å². The normalized spacial score (nSPS) is 12.9. The smallest absolute Gasteiger partial charge is 0.358 e. The second kappa shape index (κ2) is 8.02. The van der Waals surface area contributed by atoms with Gasteiger partial charge in [-0.3, -0.25) is 4.79 Å². The molecular weight excluding hydrogens is 392 g/mol. The van der Waals surface area contributed by atoms with Crippen LogP contribution in [0.5, 0.6) is 0 Å². The number of H-pyrrole nitrogens is 1. The summed E-state index contributed by atoms with van der Waals surface area (Å²) in [6.45, 7) is 1.97. The molecule has 0 radical (unpaired) electrons. The molecule has 7 nitrogen and oxygen atoms in total. The van der Waals surface area contributed by atoms with Crippen LogP contribution < -0.4 is 10.6 Å². The summed E-state index contributed by atoms with van der Waals surface area (Å²) >= 11 is 0. The Kier molecular flexibility index (Phi) is 5.66. The first-order valence-electron chi connectivity index (χ1n) is 8.71. The average molecular weight is 410 g/mol. The van der Waals surface area contributed by atoms with Gasteiger partial charge in [0.15, 0.2) is 5.82 Å². The van der Waals surface area contributed by atoms with Gasteiger partial charge in [-0.25, -0.2) is 19.3 Å². The van der Waals surface area contributed by atoms with Gasteiger partial charge in [0.25, 0.3) is 0 Å². The van der Waals surface area contributed by atoms with Crippen LogP contribution >= 0.6 is 0 Å². The number of carbonyl (C=O) groups excluding carboxylic acids is 1. The first-order valence-corrected chi connectivity index (χ1v) is 8.71. The fourth-order valence-corrected chi connectivity index (χ4v) is 2.72. The molecule has 0 bridgehead atoms. The molecule has 0 aliphatic carbocycles. The van der Waals surface area contributed by atoms with Crippen molar-refractivity contribution in [2.75, 3.05) is 11.9 Å². The number of hydrogen-bond donors (Lipinski definition) is 3. The van der Waals surface area contributed by atoms with Gasteiger partial charge < -0.3 is 15.6 Å². The summed E-state index contributed by atoms with van der Waals surface area (Å²) in [5.74, 6) is -1.14. The van der Waals surface area contributed by atoms with Crippen LogP contribution in [0.25, 0.3) is 22.4 Å². The van der Waals surface area contributed by atoms with E-state index >= 15 is 0 Å². The number of amides is 1. The molecule has 1 unspecified atom stereocenters. The van der Waals surface area contributed by atoms with Crippen LogP contribution in [0.1, 0.15) is 13.8 Å². The van der Waals surface area contributed by atoms with Crippen LogP contribution in [0.15, 0.2) is 30.7 Å². The predicted octanol–water partition coefficient (Wildman–Crippen LogP) is 3.27. The zero-order valence-electron chi connectivity index (χ0n) is 15.5. The Morgan fingerprint density at radius 1 is 1.28 bits per heavy atom. The summed E-state index contributed by atoms with van der Waals surface area (Å²) in [5.41, 5.74) is 0.952. The summed E-state index contributed by atoms with van der Waals surface area (Å²) in [5, 5.41) is 5.20. The number of anilines is 1. The second-order valence-corrected chi connectivity index (χ2v) is 6.72. The Bertz CT molecular complexity index is 1020. The molecule has 0 saturated carbocycles. The highest BCUT2D eigenvalue weighted by molar-refractivity contribution is 5.91. The SMILES string of the molecule is CC(C)C(Nc1ccnc(-c2c[nH]c3ncc(F)cc23)n1)C(=O)NCC(F)(F)F. The molecule has 3 aromatic rings. The molecule has 3 N–H and O–H groups in total. The van der Waals surface area contributed by atoms with Crippen molar-refractivity contribution in [1.29, 1.82) is 0 Å². The van der Waals surface area contributed by atoms with Crippen molar-refractivity contribution in [3.63, 3.8) is 0 Å². The molecule has 0 aliphatic heterocycles. The van der Waals surface area contributed by atoms with E-state index in [1.807, 2.05) is 5.32 Å². The lowest BCUT2D eigenvalue weighted by molar-refractivity contribution is -0.139.